The quantitative estimate of drug-likeness (QED) is 0.295. The number of ether oxygens (including phenoxy) is 1. The van der Waals surface area contributed by atoms with Crippen molar-refractivity contribution in [2.24, 2.45) is 5.92 Å². The number of carbonyl (C=O) groups excluding carboxylic acids is 3. The lowest BCUT2D eigenvalue weighted by atomic mass is 9.83. The van der Waals surface area contributed by atoms with Crippen LogP contribution in [0, 0.1) is 5.92 Å². The van der Waals surface area contributed by atoms with E-state index < -0.39 is 23.7 Å². The van der Waals surface area contributed by atoms with E-state index in [9.17, 15) is 14.4 Å². The number of benzene rings is 2. The number of nitrogens with zero attached hydrogens (tertiary/aromatic N) is 2. The Morgan fingerprint density at radius 1 is 1.08 bits per heavy atom. The van der Waals surface area contributed by atoms with Crippen molar-refractivity contribution in [3.8, 4) is 5.75 Å². The van der Waals surface area contributed by atoms with Crippen molar-refractivity contribution >= 4 is 17.5 Å². The van der Waals surface area contributed by atoms with Gasteiger partial charge in [-0.1, -0.05) is 51.1 Å². The van der Waals surface area contributed by atoms with Crippen LogP contribution in [0.3, 0.4) is 0 Å². The van der Waals surface area contributed by atoms with Crippen molar-refractivity contribution in [1.82, 2.24) is 9.88 Å². The Morgan fingerprint density at radius 3 is 2.50 bits per heavy atom. The molecule has 184 valence electrons. The third-order valence-electron chi connectivity index (χ3n) is 7.06. The monoisotopic (exact) mass is 482 g/mol. The minimum Gasteiger partial charge on any atom is -0.490 e. The highest BCUT2D eigenvalue weighted by atomic mass is 16.5. The summed E-state index contributed by atoms with van der Waals surface area (Å²) in [5.41, 5.74) is 4.03. The summed E-state index contributed by atoms with van der Waals surface area (Å²) in [6.45, 7) is 8.57. The fraction of sp³-hybridized carbons (Fsp3) is 0.333. The lowest BCUT2D eigenvalue weighted by Crippen LogP contribution is -2.30. The molecule has 3 aromatic rings. The Balaban J connectivity index is 1.55. The summed E-state index contributed by atoms with van der Waals surface area (Å²) in [5.74, 6) is -2.00. The van der Waals surface area contributed by atoms with E-state index in [-0.39, 0.29) is 23.8 Å². The van der Waals surface area contributed by atoms with Crippen molar-refractivity contribution in [2.45, 2.75) is 58.2 Å². The molecule has 6 nitrogen and oxygen atoms in total. The highest BCUT2D eigenvalue weighted by Crippen LogP contribution is 2.40. The van der Waals surface area contributed by atoms with Gasteiger partial charge in [0.15, 0.2) is 5.78 Å². The molecule has 0 aliphatic carbocycles. The van der Waals surface area contributed by atoms with Crippen molar-refractivity contribution in [2.75, 3.05) is 0 Å². The molecule has 1 aromatic heterocycles. The van der Waals surface area contributed by atoms with E-state index in [0.717, 1.165) is 28.0 Å². The first-order chi connectivity index (χ1) is 17.1. The van der Waals surface area contributed by atoms with Gasteiger partial charge in [-0.05, 0) is 58.9 Å². The maximum atomic E-state index is 13.8. The molecule has 0 saturated carbocycles. The first-order valence-electron chi connectivity index (χ1n) is 12.3. The first-order valence-corrected chi connectivity index (χ1v) is 12.3. The van der Waals surface area contributed by atoms with Gasteiger partial charge in [0, 0.05) is 30.9 Å². The molecule has 36 heavy (non-hydrogen) atoms. The number of pyridine rings is 1. The minimum absolute atomic E-state index is 0.0455. The van der Waals surface area contributed by atoms with E-state index >= 15 is 0 Å². The Kier molecular flexibility index (Phi) is 5.99. The van der Waals surface area contributed by atoms with E-state index in [0.29, 0.717) is 12.0 Å². The number of hydrogen-bond acceptors (Lipinski definition) is 5. The number of fused-ring (bicyclic) bond motifs is 1. The fourth-order valence-electron chi connectivity index (χ4n) is 5.15. The number of hydrogen-bond donors (Lipinski definition) is 0. The number of rotatable bonds is 5. The fourth-order valence-corrected chi connectivity index (χ4v) is 5.15. The summed E-state index contributed by atoms with van der Waals surface area (Å²) in [5, 5.41) is 0. The van der Waals surface area contributed by atoms with Gasteiger partial charge in [-0.15, -0.1) is 0 Å². The molecular weight excluding hydrogens is 452 g/mol. The first kappa shape index (κ1) is 23.9. The molecule has 0 spiro atoms. The van der Waals surface area contributed by atoms with Gasteiger partial charge >= 0.3 is 0 Å². The van der Waals surface area contributed by atoms with Crippen LogP contribution >= 0.6 is 0 Å². The van der Waals surface area contributed by atoms with Crippen LogP contribution in [0.15, 0.2) is 67.0 Å². The smallest absolute Gasteiger partial charge is 0.291 e. The van der Waals surface area contributed by atoms with E-state index in [2.05, 4.69) is 25.8 Å². The molecule has 2 aromatic carbocycles. The molecule has 3 atom stereocenters. The Labute approximate surface area is 211 Å². The van der Waals surface area contributed by atoms with Gasteiger partial charge in [0.1, 0.15) is 17.8 Å². The molecule has 0 N–H and O–H groups in total. The normalized spacial score (nSPS) is 21.4. The average Bonchev–Trinajstić information content (AvgIpc) is 3.35. The minimum atomic E-state index is -1.12. The van der Waals surface area contributed by atoms with Gasteiger partial charge < -0.3 is 9.64 Å². The molecule has 0 bridgehead atoms. The van der Waals surface area contributed by atoms with Crippen LogP contribution < -0.4 is 4.74 Å². The lowest BCUT2D eigenvalue weighted by molar-refractivity contribution is -0.141. The second-order valence-electron chi connectivity index (χ2n) is 10.8. The number of ketones is 2. The standard InChI is InChI=1S/C30H30N2O4/c1-18-14-22-15-21(9-12-24(22)36-18)27(33)25-26(20-7-10-23(11-8-20)30(2,3)4)32(29(35)28(25)34)17-19-6-5-13-31-16-19/h5-13,15-16,18,25-26H,14,17H2,1-4H3. The van der Waals surface area contributed by atoms with Crippen molar-refractivity contribution in [1.29, 1.82) is 0 Å². The number of Topliss-reactive ketones (excluding diaryl/α,β-unsaturated/α-hetero) is 2. The van der Waals surface area contributed by atoms with E-state index in [1.165, 1.54) is 4.90 Å². The Hall–Kier alpha value is -3.80. The van der Waals surface area contributed by atoms with E-state index in [1.807, 2.05) is 43.3 Å². The average molecular weight is 483 g/mol. The Bertz CT molecular complexity index is 1330. The number of likely N-dealkylation sites (tertiary alicyclic amines) is 1. The van der Waals surface area contributed by atoms with E-state index in [4.69, 9.17) is 4.74 Å². The second kappa shape index (κ2) is 9.01. The van der Waals surface area contributed by atoms with Gasteiger partial charge in [0.2, 0.25) is 5.78 Å². The van der Waals surface area contributed by atoms with Gasteiger partial charge in [0.05, 0.1) is 6.04 Å². The van der Waals surface area contributed by atoms with Crippen molar-refractivity contribution in [3.63, 3.8) is 0 Å². The van der Waals surface area contributed by atoms with Gasteiger partial charge in [-0.3, -0.25) is 19.4 Å². The van der Waals surface area contributed by atoms with Gasteiger partial charge in [-0.2, -0.15) is 0 Å². The lowest BCUT2D eigenvalue weighted by Gasteiger charge is -2.28. The zero-order valence-electron chi connectivity index (χ0n) is 21.0. The zero-order chi connectivity index (χ0) is 25.6. The topological polar surface area (TPSA) is 76.6 Å². The maximum absolute atomic E-state index is 13.8. The highest BCUT2D eigenvalue weighted by Gasteiger charge is 2.51. The summed E-state index contributed by atoms with van der Waals surface area (Å²) in [6.07, 6.45) is 4.09. The summed E-state index contributed by atoms with van der Waals surface area (Å²) >= 11 is 0. The number of aromatic nitrogens is 1. The Morgan fingerprint density at radius 2 is 1.83 bits per heavy atom. The second-order valence-corrected chi connectivity index (χ2v) is 10.8. The van der Waals surface area contributed by atoms with Crippen LogP contribution in [-0.2, 0) is 28.0 Å². The maximum Gasteiger partial charge on any atom is 0.291 e. The van der Waals surface area contributed by atoms with Crippen molar-refractivity contribution < 1.29 is 19.1 Å². The summed E-state index contributed by atoms with van der Waals surface area (Å²) < 4.78 is 5.77. The van der Waals surface area contributed by atoms with Gasteiger partial charge in [-0.25, -0.2) is 0 Å². The molecule has 5 rings (SSSR count). The summed E-state index contributed by atoms with van der Waals surface area (Å²) in [4.78, 5) is 46.2. The number of carbonyl (C=O) groups is 3. The van der Waals surface area contributed by atoms with Crippen LogP contribution in [0.1, 0.15) is 66.3 Å². The highest BCUT2D eigenvalue weighted by molar-refractivity contribution is 6.44. The van der Waals surface area contributed by atoms with E-state index in [1.54, 1.807) is 30.6 Å². The third kappa shape index (κ3) is 4.32. The molecule has 3 heterocycles. The van der Waals surface area contributed by atoms with Crippen LogP contribution in [-0.4, -0.2) is 33.5 Å². The molecule has 1 amide bonds. The predicted octanol–water partition coefficient (Wildman–Crippen LogP) is 4.85. The molecule has 1 saturated heterocycles. The van der Waals surface area contributed by atoms with Crippen LogP contribution in [0.4, 0.5) is 0 Å². The molecule has 2 aliphatic heterocycles. The summed E-state index contributed by atoms with van der Waals surface area (Å²) in [7, 11) is 0. The summed E-state index contributed by atoms with van der Waals surface area (Å²) in [6, 6.07) is 16.1. The van der Waals surface area contributed by atoms with Crippen molar-refractivity contribution in [3.05, 3.63) is 94.8 Å². The third-order valence-corrected chi connectivity index (χ3v) is 7.06. The van der Waals surface area contributed by atoms with Gasteiger partial charge in [0.25, 0.3) is 5.91 Å². The molecule has 0 radical (unpaired) electrons. The molecular formula is C30H30N2O4. The molecule has 2 aliphatic rings. The van der Waals surface area contributed by atoms with Crippen LogP contribution in [0.5, 0.6) is 5.75 Å². The SMILES string of the molecule is CC1Cc2cc(C(=O)C3C(=O)C(=O)N(Cc4cccnc4)C3c3ccc(C(C)(C)C)cc3)ccc2O1. The largest absolute Gasteiger partial charge is 0.490 e. The molecule has 1 fully saturated rings. The zero-order valence-corrected chi connectivity index (χ0v) is 21.0. The molecule has 3 unspecified atom stereocenters. The number of amides is 1. The van der Waals surface area contributed by atoms with Crippen LogP contribution in [0.25, 0.3) is 0 Å². The predicted molar refractivity (Wildman–Crippen MR) is 136 cm³/mol. The molecule has 6 heteroatoms. The van der Waals surface area contributed by atoms with Crippen LogP contribution in [0.2, 0.25) is 0 Å².